The van der Waals surface area contributed by atoms with Crippen molar-refractivity contribution < 1.29 is 14.3 Å². The van der Waals surface area contributed by atoms with E-state index < -0.39 is 6.09 Å². The number of Topliss-reactive ketones (excluding diaryl/α,β-unsaturated/α-hetero) is 1. The third-order valence-electron chi connectivity index (χ3n) is 5.43. The Morgan fingerprint density at radius 3 is 2.31 bits per heavy atom. The van der Waals surface area contributed by atoms with Crippen LogP contribution in [0.2, 0.25) is 0 Å². The fourth-order valence-corrected chi connectivity index (χ4v) is 3.97. The number of alkyl carbamates (subject to hydrolysis) is 1. The maximum absolute atomic E-state index is 12.3. The van der Waals surface area contributed by atoms with Crippen LogP contribution in [0.15, 0.2) is 73.3 Å². The summed E-state index contributed by atoms with van der Waals surface area (Å²) < 4.78 is 5.30. The van der Waals surface area contributed by atoms with E-state index >= 15 is 0 Å². The first kappa shape index (κ1) is 20.8. The fourth-order valence-electron chi connectivity index (χ4n) is 3.97. The summed E-state index contributed by atoms with van der Waals surface area (Å²) >= 11 is 0. The quantitative estimate of drug-likeness (QED) is 0.691. The molecule has 0 aromatic heterocycles. The zero-order valence-corrected chi connectivity index (χ0v) is 16.8. The van der Waals surface area contributed by atoms with Crippen molar-refractivity contribution in [3.05, 3.63) is 84.4 Å². The number of hydrogen-bond acceptors (Lipinski definition) is 4. The summed E-state index contributed by atoms with van der Waals surface area (Å²) in [7, 11) is 0. The highest BCUT2D eigenvalue weighted by Crippen LogP contribution is 2.32. The molecule has 1 heterocycles. The number of carbonyl (C=O) groups is 2. The normalized spacial score (nSPS) is 21.5. The number of ether oxygens (including phenoxy) is 1. The maximum atomic E-state index is 12.3. The van der Waals surface area contributed by atoms with Gasteiger partial charge in [0.1, 0.15) is 12.4 Å². The molecule has 1 aliphatic heterocycles. The van der Waals surface area contributed by atoms with Gasteiger partial charge in [0.05, 0.1) is 6.04 Å². The van der Waals surface area contributed by atoms with Crippen molar-refractivity contribution in [2.24, 2.45) is 5.92 Å². The lowest BCUT2D eigenvalue weighted by molar-refractivity contribution is -0.121. The Balaban J connectivity index is 1.59. The van der Waals surface area contributed by atoms with E-state index in [0.717, 1.165) is 11.1 Å². The van der Waals surface area contributed by atoms with Gasteiger partial charge in [-0.3, -0.25) is 9.69 Å². The van der Waals surface area contributed by atoms with Crippen molar-refractivity contribution >= 4 is 11.9 Å². The monoisotopic (exact) mass is 392 g/mol. The Kier molecular flexibility index (Phi) is 7.19. The summed E-state index contributed by atoms with van der Waals surface area (Å²) in [5, 5.41) is 2.86. The van der Waals surface area contributed by atoms with E-state index in [9.17, 15) is 9.59 Å². The van der Waals surface area contributed by atoms with Gasteiger partial charge in [0.25, 0.3) is 0 Å². The Hall–Kier alpha value is -2.92. The molecular weight excluding hydrogens is 364 g/mol. The highest BCUT2D eigenvalue weighted by atomic mass is 16.5. The van der Waals surface area contributed by atoms with Gasteiger partial charge in [-0.1, -0.05) is 66.7 Å². The van der Waals surface area contributed by atoms with E-state index in [1.807, 2.05) is 54.6 Å². The van der Waals surface area contributed by atoms with Crippen LogP contribution in [0, 0.1) is 5.92 Å². The van der Waals surface area contributed by atoms with Gasteiger partial charge in [-0.05, 0) is 30.4 Å². The lowest BCUT2D eigenvalue weighted by Crippen LogP contribution is -2.40. The molecular formula is C24H28N2O3. The van der Waals surface area contributed by atoms with Crippen molar-refractivity contribution in [2.75, 3.05) is 6.54 Å². The predicted molar refractivity (Wildman–Crippen MR) is 113 cm³/mol. The minimum absolute atomic E-state index is 0.0125. The molecule has 3 atom stereocenters. The number of ketones is 1. The van der Waals surface area contributed by atoms with E-state index in [4.69, 9.17) is 4.74 Å². The predicted octanol–water partition coefficient (Wildman–Crippen LogP) is 3.95. The largest absolute Gasteiger partial charge is 0.445 e. The van der Waals surface area contributed by atoms with Gasteiger partial charge in [-0.25, -0.2) is 4.79 Å². The minimum atomic E-state index is -0.447. The van der Waals surface area contributed by atoms with Crippen molar-refractivity contribution in [2.45, 2.75) is 38.6 Å². The van der Waals surface area contributed by atoms with Crippen molar-refractivity contribution in [1.82, 2.24) is 10.2 Å². The molecule has 1 amide bonds. The van der Waals surface area contributed by atoms with Gasteiger partial charge in [0.2, 0.25) is 0 Å². The standard InChI is InChI=1S/C24H28N2O3/c1-3-22-21(15-25-24(28)29-17-20-12-8-5-9-13-20)14-23(18(2)27)26(22)16-19-10-6-4-7-11-19/h3-13,21-23H,1,14-17H2,2H3,(H,25,28). The number of rotatable bonds is 8. The van der Waals surface area contributed by atoms with Crippen LogP contribution in [0.4, 0.5) is 4.79 Å². The van der Waals surface area contributed by atoms with E-state index in [1.54, 1.807) is 6.92 Å². The number of nitrogens with one attached hydrogen (secondary N) is 1. The first-order valence-electron chi connectivity index (χ1n) is 9.95. The molecule has 3 unspecified atom stereocenters. The Labute approximate surface area is 172 Å². The van der Waals surface area contributed by atoms with Crippen LogP contribution in [0.5, 0.6) is 0 Å². The first-order chi connectivity index (χ1) is 14.1. The highest BCUT2D eigenvalue weighted by Gasteiger charge is 2.41. The van der Waals surface area contributed by atoms with Crippen molar-refractivity contribution in [3.63, 3.8) is 0 Å². The second-order valence-electron chi connectivity index (χ2n) is 7.45. The number of benzene rings is 2. The summed E-state index contributed by atoms with van der Waals surface area (Å²) in [6.07, 6.45) is 2.13. The average molecular weight is 392 g/mol. The third-order valence-corrected chi connectivity index (χ3v) is 5.43. The lowest BCUT2D eigenvalue weighted by Gasteiger charge is -2.28. The fraction of sp³-hybridized carbons (Fsp3) is 0.333. The number of hydrogen-bond donors (Lipinski definition) is 1. The Bertz CT molecular complexity index is 823. The smallest absolute Gasteiger partial charge is 0.407 e. The van der Waals surface area contributed by atoms with Crippen LogP contribution in [0.25, 0.3) is 0 Å². The van der Waals surface area contributed by atoms with E-state index in [1.165, 1.54) is 0 Å². The van der Waals surface area contributed by atoms with Crippen LogP contribution in [0.3, 0.4) is 0 Å². The number of amides is 1. The van der Waals surface area contributed by atoms with E-state index in [-0.39, 0.29) is 30.4 Å². The molecule has 0 radical (unpaired) electrons. The van der Waals surface area contributed by atoms with Crippen LogP contribution in [-0.2, 0) is 22.7 Å². The summed E-state index contributed by atoms with van der Waals surface area (Å²) in [6, 6.07) is 19.5. The number of likely N-dealkylation sites (tertiary alicyclic amines) is 1. The maximum Gasteiger partial charge on any atom is 0.407 e. The first-order valence-corrected chi connectivity index (χ1v) is 9.95. The van der Waals surface area contributed by atoms with Gasteiger partial charge in [0.15, 0.2) is 0 Å². The van der Waals surface area contributed by atoms with Crippen LogP contribution in [0.1, 0.15) is 24.5 Å². The molecule has 0 aliphatic carbocycles. The number of nitrogens with zero attached hydrogens (tertiary/aromatic N) is 1. The molecule has 5 nitrogen and oxygen atoms in total. The summed E-state index contributed by atoms with van der Waals surface area (Å²) in [4.78, 5) is 26.6. The summed E-state index contributed by atoms with van der Waals surface area (Å²) in [6.45, 7) is 6.97. The SMILES string of the molecule is C=CC1C(CNC(=O)OCc2ccccc2)CC(C(C)=O)N1Cc1ccccc1. The van der Waals surface area contributed by atoms with E-state index in [2.05, 4.69) is 28.9 Å². The molecule has 29 heavy (non-hydrogen) atoms. The van der Waals surface area contributed by atoms with Gasteiger partial charge < -0.3 is 10.1 Å². The summed E-state index contributed by atoms with van der Waals surface area (Å²) in [5.41, 5.74) is 2.10. The average Bonchev–Trinajstić information content (AvgIpc) is 3.09. The van der Waals surface area contributed by atoms with E-state index in [0.29, 0.717) is 19.5 Å². The topological polar surface area (TPSA) is 58.6 Å². The zero-order chi connectivity index (χ0) is 20.6. The molecule has 1 saturated heterocycles. The molecule has 0 saturated carbocycles. The Morgan fingerprint density at radius 1 is 1.10 bits per heavy atom. The second kappa shape index (κ2) is 10.0. The van der Waals surface area contributed by atoms with Crippen molar-refractivity contribution in [1.29, 1.82) is 0 Å². The van der Waals surface area contributed by atoms with Crippen LogP contribution in [-0.4, -0.2) is 35.4 Å². The summed E-state index contributed by atoms with van der Waals surface area (Å²) in [5.74, 6) is 0.247. The highest BCUT2D eigenvalue weighted by molar-refractivity contribution is 5.82. The molecule has 3 rings (SSSR count). The zero-order valence-electron chi connectivity index (χ0n) is 16.8. The molecule has 1 N–H and O–H groups in total. The second-order valence-corrected chi connectivity index (χ2v) is 7.45. The molecule has 1 fully saturated rings. The minimum Gasteiger partial charge on any atom is -0.445 e. The number of carbonyl (C=O) groups excluding carboxylic acids is 2. The molecule has 2 aromatic carbocycles. The van der Waals surface area contributed by atoms with Gasteiger partial charge in [0, 0.05) is 19.1 Å². The molecule has 0 bridgehead atoms. The Morgan fingerprint density at radius 2 is 1.72 bits per heavy atom. The van der Waals surface area contributed by atoms with Crippen molar-refractivity contribution in [3.8, 4) is 0 Å². The molecule has 2 aromatic rings. The van der Waals surface area contributed by atoms with Gasteiger partial charge in [-0.15, -0.1) is 6.58 Å². The van der Waals surface area contributed by atoms with Crippen LogP contribution < -0.4 is 5.32 Å². The van der Waals surface area contributed by atoms with Gasteiger partial charge in [-0.2, -0.15) is 0 Å². The third kappa shape index (κ3) is 5.55. The molecule has 152 valence electrons. The lowest BCUT2D eigenvalue weighted by atomic mass is 9.98. The molecule has 5 heteroatoms. The molecule has 0 spiro atoms. The van der Waals surface area contributed by atoms with Gasteiger partial charge >= 0.3 is 6.09 Å². The molecule has 1 aliphatic rings. The van der Waals surface area contributed by atoms with Crippen LogP contribution >= 0.6 is 0 Å².